The molecule has 1 amide bonds. The van der Waals surface area contributed by atoms with Crippen molar-refractivity contribution < 1.29 is 23.2 Å². The lowest BCUT2D eigenvalue weighted by Crippen LogP contribution is -2.36. The molecule has 114 valence electrons. The molecule has 1 saturated carbocycles. The lowest BCUT2D eigenvalue weighted by atomic mass is 10.0. The summed E-state index contributed by atoms with van der Waals surface area (Å²) in [4.78, 5) is 12.1. The van der Waals surface area contributed by atoms with E-state index in [1.54, 1.807) is 0 Å². The van der Waals surface area contributed by atoms with E-state index in [1.807, 2.05) is 0 Å². The quantitative estimate of drug-likeness (QED) is 0.347. The minimum absolute atomic E-state index is 0.0231. The van der Waals surface area contributed by atoms with Gasteiger partial charge in [0.15, 0.2) is 5.84 Å². The third-order valence-corrected chi connectivity index (χ3v) is 3.58. The van der Waals surface area contributed by atoms with Crippen LogP contribution in [0.25, 0.3) is 0 Å². The predicted octanol–water partition coefficient (Wildman–Crippen LogP) is 2.48. The highest BCUT2D eigenvalue weighted by Gasteiger charge is 2.54. The molecular formula is C13H14F3N3O2. The lowest BCUT2D eigenvalue weighted by Gasteiger charge is -2.16. The van der Waals surface area contributed by atoms with Crippen molar-refractivity contribution in [2.45, 2.75) is 25.9 Å². The van der Waals surface area contributed by atoms with Crippen LogP contribution in [0.4, 0.5) is 18.9 Å². The van der Waals surface area contributed by atoms with E-state index in [1.165, 1.54) is 19.1 Å². The van der Waals surface area contributed by atoms with Crippen LogP contribution < -0.4 is 11.1 Å². The summed E-state index contributed by atoms with van der Waals surface area (Å²) in [5.41, 5.74) is 3.62. The minimum Gasteiger partial charge on any atom is -0.409 e. The maximum absolute atomic E-state index is 12.8. The number of aryl methyl sites for hydroxylation is 1. The number of halogens is 3. The van der Waals surface area contributed by atoms with Gasteiger partial charge in [-0.05, 0) is 37.5 Å². The summed E-state index contributed by atoms with van der Waals surface area (Å²) in [5.74, 6) is -0.807. The summed E-state index contributed by atoms with van der Waals surface area (Å²) in [6, 6.07) is 3.53. The molecule has 2 rings (SSSR count). The molecule has 1 aromatic carbocycles. The Morgan fingerprint density at radius 1 is 1.43 bits per heavy atom. The Morgan fingerprint density at radius 2 is 2.05 bits per heavy atom. The Labute approximate surface area is 118 Å². The molecule has 0 atom stereocenters. The predicted molar refractivity (Wildman–Crippen MR) is 69.9 cm³/mol. The van der Waals surface area contributed by atoms with Gasteiger partial charge >= 0.3 is 6.18 Å². The van der Waals surface area contributed by atoms with Crippen molar-refractivity contribution in [3.8, 4) is 0 Å². The van der Waals surface area contributed by atoms with Crippen LogP contribution in [0.15, 0.2) is 23.4 Å². The Kier molecular flexibility index (Phi) is 3.56. The van der Waals surface area contributed by atoms with Crippen LogP contribution in [0.5, 0.6) is 0 Å². The van der Waals surface area contributed by atoms with Crippen LogP contribution in [0, 0.1) is 12.3 Å². The minimum atomic E-state index is -4.49. The Bertz CT molecular complexity index is 607. The Hall–Kier alpha value is -2.25. The molecule has 1 aliphatic rings. The number of nitrogens with two attached hydrogens (primary N) is 1. The van der Waals surface area contributed by atoms with Crippen LogP contribution in [0.1, 0.15) is 24.0 Å². The zero-order chi connectivity index (χ0) is 15.8. The van der Waals surface area contributed by atoms with Gasteiger partial charge in [-0.25, -0.2) is 0 Å². The number of nitrogens with one attached hydrogen (secondary N) is 1. The number of amides is 1. The molecule has 0 aromatic heterocycles. The summed E-state index contributed by atoms with van der Waals surface area (Å²) in [6.45, 7) is 1.34. The molecule has 4 N–H and O–H groups in total. The maximum Gasteiger partial charge on any atom is 0.416 e. The standard InChI is InChI=1S/C13H14F3N3O2/c1-7-2-3-8(6-9(7)13(14,15)16)18-11(20)12(4-5-12)10(17)19-21/h2-3,6,21H,4-5H2,1H3,(H2,17,19)(H,18,20). The van der Waals surface area contributed by atoms with E-state index in [9.17, 15) is 18.0 Å². The fourth-order valence-corrected chi connectivity index (χ4v) is 2.08. The zero-order valence-electron chi connectivity index (χ0n) is 11.2. The van der Waals surface area contributed by atoms with Gasteiger partial charge in [-0.1, -0.05) is 11.2 Å². The first-order valence-electron chi connectivity index (χ1n) is 6.18. The first-order valence-corrected chi connectivity index (χ1v) is 6.18. The molecule has 0 unspecified atom stereocenters. The molecule has 0 heterocycles. The van der Waals surface area contributed by atoms with Gasteiger partial charge < -0.3 is 16.3 Å². The first-order chi connectivity index (χ1) is 9.70. The van der Waals surface area contributed by atoms with E-state index in [0.29, 0.717) is 12.8 Å². The number of anilines is 1. The number of nitrogens with zero attached hydrogens (tertiary/aromatic N) is 1. The second-order valence-electron chi connectivity index (χ2n) is 5.05. The maximum atomic E-state index is 12.8. The van der Waals surface area contributed by atoms with E-state index < -0.39 is 23.1 Å². The highest BCUT2D eigenvalue weighted by atomic mass is 19.4. The van der Waals surface area contributed by atoms with Gasteiger partial charge in [0.25, 0.3) is 0 Å². The van der Waals surface area contributed by atoms with Crippen molar-refractivity contribution in [2.24, 2.45) is 16.3 Å². The number of carbonyl (C=O) groups excluding carboxylic acids is 1. The third-order valence-electron chi connectivity index (χ3n) is 3.58. The molecule has 8 heteroatoms. The molecule has 1 fully saturated rings. The van der Waals surface area contributed by atoms with Gasteiger partial charge in [0.2, 0.25) is 5.91 Å². The lowest BCUT2D eigenvalue weighted by molar-refractivity contribution is -0.138. The number of rotatable bonds is 3. The SMILES string of the molecule is Cc1ccc(NC(=O)C2(/C(N)=N/O)CC2)cc1C(F)(F)F. The van der Waals surface area contributed by atoms with Crippen molar-refractivity contribution in [2.75, 3.05) is 5.32 Å². The van der Waals surface area contributed by atoms with Gasteiger partial charge in [0.1, 0.15) is 5.41 Å². The molecule has 1 aliphatic carbocycles. The monoisotopic (exact) mass is 301 g/mol. The fourth-order valence-electron chi connectivity index (χ4n) is 2.08. The number of hydrogen-bond acceptors (Lipinski definition) is 3. The molecule has 0 spiro atoms. The van der Waals surface area contributed by atoms with Gasteiger partial charge in [-0.3, -0.25) is 4.79 Å². The summed E-state index contributed by atoms with van der Waals surface area (Å²) >= 11 is 0. The summed E-state index contributed by atoms with van der Waals surface area (Å²) in [7, 11) is 0. The van der Waals surface area contributed by atoms with E-state index in [2.05, 4.69) is 10.5 Å². The third kappa shape index (κ3) is 2.79. The highest BCUT2D eigenvalue weighted by molar-refractivity contribution is 6.14. The first kappa shape index (κ1) is 15.1. The van der Waals surface area contributed by atoms with Crippen molar-refractivity contribution >= 4 is 17.4 Å². The van der Waals surface area contributed by atoms with Crippen LogP contribution >= 0.6 is 0 Å². The Balaban J connectivity index is 2.24. The zero-order valence-corrected chi connectivity index (χ0v) is 11.2. The van der Waals surface area contributed by atoms with Crippen molar-refractivity contribution in [3.05, 3.63) is 29.3 Å². The normalized spacial score (nSPS) is 17.4. The Morgan fingerprint density at radius 3 is 2.52 bits per heavy atom. The molecule has 21 heavy (non-hydrogen) atoms. The van der Waals surface area contributed by atoms with E-state index in [0.717, 1.165) is 6.07 Å². The number of oxime groups is 1. The van der Waals surface area contributed by atoms with E-state index in [-0.39, 0.29) is 17.1 Å². The average molecular weight is 301 g/mol. The molecule has 5 nitrogen and oxygen atoms in total. The number of carbonyl (C=O) groups is 1. The van der Waals surface area contributed by atoms with Gasteiger partial charge in [0.05, 0.1) is 5.56 Å². The second-order valence-corrected chi connectivity index (χ2v) is 5.05. The molecule has 0 aliphatic heterocycles. The van der Waals surface area contributed by atoms with Crippen LogP contribution in [0.3, 0.4) is 0 Å². The highest BCUT2D eigenvalue weighted by Crippen LogP contribution is 2.47. The number of benzene rings is 1. The van der Waals surface area contributed by atoms with Crippen LogP contribution in [0.2, 0.25) is 0 Å². The smallest absolute Gasteiger partial charge is 0.409 e. The summed E-state index contributed by atoms with van der Waals surface area (Å²) in [5, 5.41) is 13.8. The van der Waals surface area contributed by atoms with Gasteiger partial charge in [-0.2, -0.15) is 13.2 Å². The topological polar surface area (TPSA) is 87.7 Å². The second kappa shape index (κ2) is 4.94. The average Bonchev–Trinajstić information content (AvgIpc) is 3.20. The van der Waals surface area contributed by atoms with Crippen molar-refractivity contribution in [3.63, 3.8) is 0 Å². The van der Waals surface area contributed by atoms with Crippen molar-refractivity contribution in [1.82, 2.24) is 0 Å². The van der Waals surface area contributed by atoms with Crippen LogP contribution in [-0.4, -0.2) is 17.0 Å². The molecule has 0 saturated heterocycles. The van der Waals surface area contributed by atoms with E-state index in [4.69, 9.17) is 10.9 Å². The molecular weight excluding hydrogens is 287 g/mol. The number of hydrogen-bond donors (Lipinski definition) is 3. The number of amidine groups is 1. The van der Waals surface area contributed by atoms with Gasteiger partial charge in [-0.15, -0.1) is 0 Å². The molecule has 0 radical (unpaired) electrons. The van der Waals surface area contributed by atoms with Crippen LogP contribution in [-0.2, 0) is 11.0 Å². The molecule has 1 aromatic rings. The fraction of sp³-hybridized carbons (Fsp3) is 0.385. The number of alkyl halides is 3. The summed E-state index contributed by atoms with van der Waals surface area (Å²) < 4.78 is 38.4. The summed E-state index contributed by atoms with van der Waals surface area (Å²) in [6.07, 6.45) is -3.70. The van der Waals surface area contributed by atoms with Crippen molar-refractivity contribution in [1.29, 1.82) is 0 Å². The van der Waals surface area contributed by atoms with E-state index >= 15 is 0 Å². The van der Waals surface area contributed by atoms with Gasteiger partial charge in [0, 0.05) is 5.69 Å². The molecule has 0 bridgehead atoms. The largest absolute Gasteiger partial charge is 0.416 e.